The quantitative estimate of drug-likeness (QED) is 0.422. The summed E-state index contributed by atoms with van der Waals surface area (Å²) < 4.78 is 6.23. The second-order valence-electron chi connectivity index (χ2n) is 7.35. The first-order valence-electron chi connectivity index (χ1n) is 7.93. The van der Waals surface area contributed by atoms with E-state index in [1.165, 1.54) is 0 Å². The first-order chi connectivity index (χ1) is 9.41. The van der Waals surface area contributed by atoms with Crippen LogP contribution in [0.25, 0.3) is 0 Å². The standard InChI is InChI=1S/C15H36N2O3Si/c1-12(2)17(10-14(19)11-18)8-9-21(7,13(3)4)20-15(5,6)16/h12-14,18-19H,8-11,16H2,1-7H3. The van der Waals surface area contributed by atoms with Gasteiger partial charge in [0.1, 0.15) is 0 Å². The molecule has 0 amide bonds. The van der Waals surface area contributed by atoms with Gasteiger partial charge in [0, 0.05) is 12.6 Å². The minimum absolute atomic E-state index is 0.200. The Labute approximate surface area is 131 Å². The van der Waals surface area contributed by atoms with Gasteiger partial charge in [0.15, 0.2) is 8.32 Å². The van der Waals surface area contributed by atoms with Gasteiger partial charge in [-0.2, -0.15) is 0 Å². The van der Waals surface area contributed by atoms with E-state index in [1.807, 2.05) is 13.8 Å². The van der Waals surface area contributed by atoms with Crippen LogP contribution in [-0.4, -0.2) is 61.0 Å². The molecule has 4 N–H and O–H groups in total. The lowest BCUT2D eigenvalue weighted by Crippen LogP contribution is -2.52. The lowest BCUT2D eigenvalue weighted by atomic mass is 10.2. The highest BCUT2D eigenvalue weighted by atomic mass is 28.4. The van der Waals surface area contributed by atoms with Crippen molar-refractivity contribution in [3.63, 3.8) is 0 Å². The maximum atomic E-state index is 9.67. The van der Waals surface area contributed by atoms with E-state index in [4.69, 9.17) is 15.3 Å². The molecule has 0 spiro atoms. The van der Waals surface area contributed by atoms with E-state index in [0.29, 0.717) is 18.1 Å². The van der Waals surface area contributed by atoms with Crippen molar-refractivity contribution in [2.75, 3.05) is 19.7 Å². The van der Waals surface area contributed by atoms with Crippen LogP contribution >= 0.6 is 0 Å². The van der Waals surface area contributed by atoms with Crippen LogP contribution in [0.1, 0.15) is 41.5 Å². The Bertz CT molecular complexity index is 295. The van der Waals surface area contributed by atoms with E-state index >= 15 is 0 Å². The van der Waals surface area contributed by atoms with Crippen molar-refractivity contribution < 1.29 is 14.6 Å². The van der Waals surface area contributed by atoms with Crippen LogP contribution in [0.15, 0.2) is 0 Å². The number of hydrogen-bond donors (Lipinski definition) is 3. The van der Waals surface area contributed by atoms with Gasteiger partial charge < -0.3 is 20.4 Å². The second-order valence-corrected chi connectivity index (χ2v) is 11.8. The first kappa shape index (κ1) is 21.0. The van der Waals surface area contributed by atoms with Crippen molar-refractivity contribution in [1.82, 2.24) is 4.90 Å². The summed E-state index contributed by atoms with van der Waals surface area (Å²) in [5.41, 5.74) is 5.91. The van der Waals surface area contributed by atoms with Crippen LogP contribution in [0.2, 0.25) is 18.1 Å². The van der Waals surface area contributed by atoms with E-state index < -0.39 is 20.1 Å². The third kappa shape index (κ3) is 8.28. The lowest BCUT2D eigenvalue weighted by Gasteiger charge is -2.39. The highest BCUT2D eigenvalue weighted by molar-refractivity contribution is 6.74. The Balaban J connectivity index is 4.77. The minimum Gasteiger partial charge on any atom is -0.400 e. The van der Waals surface area contributed by atoms with Crippen LogP contribution in [0.3, 0.4) is 0 Å². The van der Waals surface area contributed by atoms with E-state index in [9.17, 15) is 5.11 Å². The van der Waals surface area contributed by atoms with Gasteiger partial charge in [-0.1, -0.05) is 13.8 Å². The largest absolute Gasteiger partial charge is 0.400 e. The molecule has 0 saturated carbocycles. The predicted molar refractivity (Wildman–Crippen MR) is 90.7 cm³/mol. The molecule has 0 aliphatic rings. The second kappa shape index (κ2) is 8.60. The van der Waals surface area contributed by atoms with Gasteiger partial charge in [-0.25, -0.2) is 0 Å². The molecule has 0 fully saturated rings. The molecule has 2 atom stereocenters. The number of aliphatic hydroxyl groups is 2. The van der Waals surface area contributed by atoms with Crippen molar-refractivity contribution in [3.8, 4) is 0 Å². The fourth-order valence-electron chi connectivity index (χ4n) is 2.31. The summed E-state index contributed by atoms with van der Waals surface area (Å²) in [5.74, 6) is 0. The Morgan fingerprint density at radius 3 is 2.10 bits per heavy atom. The number of rotatable bonds is 10. The van der Waals surface area contributed by atoms with Crippen LogP contribution in [0, 0.1) is 0 Å². The maximum absolute atomic E-state index is 9.67. The van der Waals surface area contributed by atoms with Crippen molar-refractivity contribution in [2.45, 2.75) is 77.5 Å². The molecule has 0 aromatic rings. The first-order valence-corrected chi connectivity index (χ1v) is 10.6. The van der Waals surface area contributed by atoms with Crippen LogP contribution in [0.5, 0.6) is 0 Å². The van der Waals surface area contributed by atoms with E-state index in [-0.39, 0.29) is 6.61 Å². The van der Waals surface area contributed by atoms with Gasteiger partial charge in [0.2, 0.25) is 0 Å². The highest BCUT2D eigenvalue weighted by Crippen LogP contribution is 2.29. The normalized spacial score (nSPS) is 17.6. The molecular weight excluding hydrogens is 284 g/mol. The summed E-state index contributed by atoms with van der Waals surface area (Å²) in [6.45, 7) is 15.8. The number of aliphatic hydroxyl groups excluding tert-OH is 2. The Kier molecular flexibility index (Phi) is 8.60. The third-order valence-electron chi connectivity index (χ3n) is 4.00. The van der Waals surface area contributed by atoms with E-state index in [0.717, 1.165) is 12.6 Å². The molecule has 0 aliphatic heterocycles. The predicted octanol–water partition coefficient (Wildman–Crippen LogP) is 1.75. The molecule has 0 aliphatic carbocycles. The highest BCUT2D eigenvalue weighted by Gasteiger charge is 2.37. The molecular formula is C15H36N2O3Si. The molecule has 0 radical (unpaired) electrons. The molecule has 5 nitrogen and oxygen atoms in total. The Hall–Kier alpha value is 0.0169. The third-order valence-corrected chi connectivity index (χ3v) is 8.65. The molecule has 21 heavy (non-hydrogen) atoms. The van der Waals surface area contributed by atoms with Crippen LogP contribution in [0.4, 0.5) is 0 Å². The summed E-state index contributed by atoms with van der Waals surface area (Å²) >= 11 is 0. The van der Waals surface area contributed by atoms with Crippen molar-refractivity contribution in [1.29, 1.82) is 0 Å². The fourth-order valence-corrected chi connectivity index (χ4v) is 5.16. The molecule has 0 saturated heterocycles. The average molecular weight is 321 g/mol. The SMILES string of the molecule is CC(C)N(CC[Si](C)(OC(C)(C)N)C(C)C)CC(O)CO. The zero-order valence-corrected chi connectivity index (χ0v) is 15.9. The summed E-state index contributed by atoms with van der Waals surface area (Å²) in [6.07, 6.45) is -0.689. The van der Waals surface area contributed by atoms with Crippen LogP contribution < -0.4 is 5.73 Å². The van der Waals surface area contributed by atoms with Gasteiger partial charge >= 0.3 is 0 Å². The average Bonchev–Trinajstić information content (AvgIpc) is 2.31. The van der Waals surface area contributed by atoms with Gasteiger partial charge in [-0.3, -0.25) is 4.90 Å². The van der Waals surface area contributed by atoms with E-state index in [1.54, 1.807) is 0 Å². The lowest BCUT2D eigenvalue weighted by molar-refractivity contribution is 0.0496. The smallest absolute Gasteiger partial charge is 0.196 e. The topological polar surface area (TPSA) is 79.0 Å². The monoisotopic (exact) mass is 320 g/mol. The molecule has 128 valence electrons. The molecule has 0 bridgehead atoms. The van der Waals surface area contributed by atoms with Crippen molar-refractivity contribution in [3.05, 3.63) is 0 Å². The maximum Gasteiger partial charge on any atom is 0.196 e. The van der Waals surface area contributed by atoms with E-state index in [2.05, 4.69) is 39.1 Å². The van der Waals surface area contributed by atoms with Gasteiger partial charge in [0.25, 0.3) is 0 Å². The van der Waals surface area contributed by atoms with Gasteiger partial charge in [-0.15, -0.1) is 0 Å². The summed E-state index contributed by atoms with van der Waals surface area (Å²) in [4.78, 5) is 2.20. The molecule has 0 aromatic carbocycles. The summed E-state index contributed by atoms with van der Waals surface area (Å²) in [6, 6.07) is 1.28. The Morgan fingerprint density at radius 1 is 1.24 bits per heavy atom. The fraction of sp³-hybridized carbons (Fsp3) is 1.00. The summed E-state index contributed by atoms with van der Waals surface area (Å²) in [5, 5.41) is 18.7. The number of nitrogens with two attached hydrogens (primary N) is 1. The molecule has 6 heteroatoms. The molecule has 2 unspecified atom stereocenters. The zero-order chi connectivity index (χ0) is 16.8. The van der Waals surface area contributed by atoms with Gasteiger partial charge in [0.05, 0.1) is 18.4 Å². The minimum atomic E-state index is -1.94. The molecule has 0 rings (SSSR count). The van der Waals surface area contributed by atoms with Crippen LogP contribution in [-0.2, 0) is 4.43 Å². The zero-order valence-electron chi connectivity index (χ0n) is 14.9. The summed E-state index contributed by atoms with van der Waals surface area (Å²) in [7, 11) is -1.94. The van der Waals surface area contributed by atoms with Gasteiger partial charge in [-0.05, 0) is 52.4 Å². The Morgan fingerprint density at radius 2 is 1.76 bits per heavy atom. The molecule has 0 heterocycles. The van der Waals surface area contributed by atoms with Crippen molar-refractivity contribution in [2.24, 2.45) is 5.73 Å². The van der Waals surface area contributed by atoms with Crippen molar-refractivity contribution >= 4 is 8.32 Å². The number of nitrogens with zero attached hydrogens (tertiary/aromatic N) is 1. The number of hydrogen-bond acceptors (Lipinski definition) is 5. The molecule has 0 aromatic heterocycles.